The van der Waals surface area contributed by atoms with Crippen LogP contribution in [0.5, 0.6) is 11.5 Å². The van der Waals surface area contributed by atoms with E-state index in [9.17, 15) is 14.9 Å². The standard InChI is InChI=1S/C17H17N3O5/c1-12(25-15-9-7-14(8-10-15)20(22)23)17(21)19-18-11-13-5-3-4-6-16(13)24-2/h3-12H,1-2H3,(H,19,21). The summed E-state index contributed by atoms with van der Waals surface area (Å²) in [6.45, 7) is 1.55. The number of non-ortho nitro benzene ring substituents is 1. The van der Waals surface area contributed by atoms with Gasteiger partial charge in [-0.05, 0) is 31.2 Å². The largest absolute Gasteiger partial charge is 0.496 e. The maximum absolute atomic E-state index is 12.0. The quantitative estimate of drug-likeness (QED) is 0.473. The molecule has 25 heavy (non-hydrogen) atoms. The number of nitro benzene ring substituents is 1. The van der Waals surface area contributed by atoms with Crippen molar-refractivity contribution in [1.29, 1.82) is 0 Å². The Labute approximate surface area is 144 Å². The molecule has 0 radical (unpaired) electrons. The first-order chi connectivity index (χ1) is 12.0. The first-order valence-electron chi connectivity index (χ1n) is 7.38. The Morgan fingerprint density at radius 3 is 2.56 bits per heavy atom. The molecule has 0 aromatic heterocycles. The van der Waals surface area contributed by atoms with Crippen LogP contribution in [0, 0.1) is 10.1 Å². The Kier molecular flexibility index (Phi) is 6.05. The fraction of sp³-hybridized carbons (Fsp3) is 0.176. The highest BCUT2D eigenvalue weighted by atomic mass is 16.6. The van der Waals surface area contributed by atoms with E-state index in [4.69, 9.17) is 9.47 Å². The summed E-state index contributed by atoms with van der Waals surface area (Å²) in [5.74, 6) is 0.530. The van der Waals surface area contributed by atoms with Gasteiger partial charge in [0.2, 0.25) is 0 Å². The van der Waals surface area contributed by atoms with Gasteiger partial charge in [-0.15, -0.1) is 0 Å². The number of amides is 1. The SMILES string of the molecule is COc1ccccc1C=NNC(=O)C(C)Oc1ccc([N+](=O)[O-])cc1. The first-order valence-corrected chi connectivity index (χ1v) is 7.38. The topological polar surface area (TPSA) is 103 Å². The maximum Gasteiger partial charge on any atom is 0.280 e. The number of nitrogens with one attached hydrogen (secondary N) is 1. The van der Waals surface area contributed by atoms with Crippen LogP contribution in [0.4, 0.5) is 5.69 Å². The van der Waals surface area contributed by atoms with Crippen LogP contribution in [0.1, 0.15) is 12.5 Å². The molecule has 1 atom stereocenters. The van der Waals surface area contributed by atoms with Crippen LogP contribution in [0.25, 0.3) is 0 Å². The predicted octanol–water partition coefficient (Wildman–Crippen LogP) is 2.52. The van der Waals surface area contributed by atoms with E-state index >= 15 is 0 Å². The summed E-state index contributed by atoms with van der Waals surface area (Å²) in [5, 5.41) is 14.5. The smallest absolute Gasteiger partial charge is 0.280 e. The summed E-state index contributed by atoms with van der Waals surface area (Å²) in [5.41, 5.74) is 3.04. The number of methoxy groups -OCH3 is 1. The Bertz CT molecular complexity index is 774. The number of ether oxygens (including phenoxy) is 2. The molecule has 2 aromatic carbocycles. The summed E-state index contributed by atoms with van der Waals surface area (Å²) in [6.07, 6.45) is 0.645. The highest BCUT2D eigenvalue weighted by Gasteiger charge is 2.14. The van der Waals surface area contributed by atoms with E-state index in [2.05, 4.69) is 10.5 Å². The van der Waals surface area contributed by atoms with Gasteiger partial charge in [0.25, 0.3) is 11.6 Å². The van der Waals surface area contributed by atoms with Crippen molar-refractivity contribution in [2.24, 2.45) is 5.10 Å². The van der Waals surface area contributed by atoms with E-state index in [1.807, 2.05) is 12.1 Å². The summed E-state index contributed by atoms with van der Waals surface area (Å²) in [4.78, 5) is 22.1. The van der Waals surface area contributed by atoms with Crippen LogP contribution in [-0.2, 0) is 4.79 Å². The minimum Gasteiger partial charge on any atom is -0.496 e. The summed E-state index contributed by atoms with van der Waals surface area (Å²) >= 11 is 0. The van der Waals surface area contributed by atoms with Gasteiger partial charge in [0.15, 0.2) is 6.10 Å². The van der Waals surface area contributed by atoms with E-state index < -0.39 is 16.9 Å². The molecule has 0 bridgehead atoms. The minimum atomic E-state index is -0.823. The zero-order valence-electron chi connectivity index (χ0n) is 13.7. The first kappa shape index (κ1) is 17.9. The molecule has 0 aliphatic heterocycles. The van der Waals surface area contributed by atoms with Gasteiger partial charge in [-0.1, -0.05) is 12.1 Å². The van der Waals surface area contributed by atoms with E-state index in [0.717, 1.165) is 0 Å². The second kappa shape index (κ2) is 8.44. The summed E-state index contributed by atoms with van der Waals surface area (Å²) in [7, 11) is 1.55. The molecule has 1 unspecified atom stereocenters. The highest BCUT2D eigenvalue weighted by Crippen LogP contribution is 2.18. The van der Waals surface area contributed by atoms with E-state index in [0.29, 0.717) is 17.1 Å². The number of nitro groups is 1. The summed E-state index contributed by atoms with van der Waals surface area (Å²) < 4.78 is 10.6. The van der Waals surface area contributed by atoms with Crippen LogP contribution in [0.2, 0.25) is 0 Å². The van der Waals surface area contributed by atoms with E-state index in [-0.39, 0.29) is 5.69 Å². The number of hydrogen-bond acceptors (Lipinski definition) is 6. The second-order valence-electron chi connectivity index (χ2n) is 4.99. The summed E-state index contributed by atoms with van der Waals surface area (Å²) in [6, 6.07) is 12.7. The Balaban J connectivity index is 1.91. The average Bonchev–Trinajstić information content (AvgIpc) is 2.62. The van der Waals surface area contributed by atoms with E-state index in [1.165, 1.54) is 30.5 Å². The molecule has 0 heterocycles. The van der Waals surface area contributed by atoms with Crippen molar-refractivity contribution in [1.82, 2.24) is 5.43 Å². The van der Waals surface area contributed by atoms with Crippen LogP contribution >= 0.6 is 0 Å². The molecule has 0 saturated heterocycles. The minimum absolute atomic E-state index is 0.0501. The third kappa shape index (κ3) is 5.03. The van der Waals surface area contributed by atoms with Crippen LogP contribution in [0.15, 0.2) is 53.6 Å². The van der Waals surface area contributed by atoms with Crippen molar-refractivity contribution in [3.63, 3.8) is 0 Å². The van der Waals surface area contributed by atoms with Crippen LogP contribution < -0.4 is 14.9 Å². The van der Waals surface area contributed by atoms with Crippen molar-refractivity contribution in [2.75, 3.05) is 7.11 Å². The fourth-order valence-corrected chi connectivity index (χ4v) is 1.93. The molecule has 130 valence electrons. The number of rotatable bonds is 7. The molecule has 8 heteroatoms. The lowest BCUT2D eigenvalue weighted by Crippen LogP contribution is -2.33. The van der Waals surface area contributed by atoms with Crippen LogP contribution in [-0.4, -0.2) is 30.3 Å². The van der Waals surface area contributed by atoms with Gasteiger partial charge in [-0.3, -0.25) is 14.9 Å². The zero-order valence-corrected chi connectivity index (χ0v) is 13.7. The molecule has 0 aliphatic rings. The van der Waals surface area contributed by atoms with Gasteiger partial charge in [0, 0.05) is 17.7 Å². The van der Waals surface area contributed by atoms with Gasteiger partial charge in [-0.2, -0.15) is 5.10 Å². The number of carbonyl (C=O) groups is 1. The third-order valence-corrected chi connectivity index (χ3v) is 3.25. The molecule has 0 fully saturated rings. The van der Waals surface area contributed by atoms with Gasteiger partial charge < -0.3 is 9.47 Å². The zero-order chi connectivity index (χ0) is 18.2. The van der Waals surface area contributed by atoms with Gasteiger partial charge in [-0.25, -0.2) is 5.43 Å². The number of carbonyl (C=O) groups excluding carboxylic acids is 1. The Morgan fingerprint density at radius 2 is 1.92 bits per heavy atom. The van der Waals surface area contributed by atoms with Crippen LogP contribution in [0.3, 0.4) is 0 Å². The van der Waals surface area contributed by atoms with Crippen molar-refractivity contribution >= 4 is 17.8 Å². The molecule has 1 amide bonds. The number of hydrazone groups is 1. The Hall–Kier alpha value is -3.42. The highest BCUT2D eigenvalue weighted by molar-refractivity contribution is 5.86. The predicted molar refractivity (Wildman–Crippen MR) is 91.9 cm³/mol. The lowest BCUT2D eigenvalue weighted by molar-refractivity contribution is -0.384. The number of nitrogens with zero attached hydrogens (tertiary/aromatic N) is 2. The van der Waals surface area contributed by atoms with Gasteiger partial charge in [0.05, 0.1) is 18.2 Å². The maximum atomic E-state index is 12.0. The molecule has 2 aromatic rings. The monoisotopic (exact) mass is 343 g/mol. The molecule has 0 spiro atoms. The Morgan fingerprint density at radius 1 is 1.24 bits per heavy atom. The second-order valence-corrected chi connectivity index (χ2v) is 4.99. The van der Waals surface area contributed by atoms with Crippen molar-refractivity contribution in [2.45, 2.75) is 13.0 Å². The number of para-hydroxylation sites is 1. The molecule has 8 nitrogen and oxygen atoms in total. The normalized spacial score (nSPS) is 11.8. The van der Waals surface area contributed by atoms with Crippen molar-refractivity contribution in [3.8, 4) is 11.5 Å². The lowest BCUT2D eigenvalue weighted by Gasteiger charge is -2.12. The van der Waals surface area contributed by atoms with Crippen molar-refractivity contribution < 1.29 is 19.2 Å². The molecule has 1 N–H and O–H groups in total. The molecular weight excluding hydrogens is 326 g/mol. The van der Waals surface area contributed by atoms with Crippen molar-refractivity contribution in [3.05, 3.63) is 64.2 Å². The average molecular weight is 343 g/mol. The molecular formula is C17H17N3O5. The van der Waals surface area contributed by atoms with Gasteiger partial charge in [0.1, 0.15) is 11.5 Å². The third-order valence-electron chi connectivity index (χ3n) is 3.25. The lowest BCUT2D eigenvalue weighted by atomic mass is 10.2. The fourth-order valence-electron chi connectivity index (χ4n) is 1.93. The number of hydrogen-bond donors (Lipinski definition) is 1. The molecule has 2 rings (SSSR count). The molecule has 0 saturated carbocycles. The number of benzene rings is 2. The van der Waals surface area contributed by atoms with Gasteiger partial charge >= 0.3 is 0 Å². The molecule has 0 aliphatic carbocycles. The van der Waals surface area contributed by atoms with E-state index in [1.54, 1.807) is 26.2 Å².